The van der Waals surface area contributed by atoms with Gasteiger partial charge in [-0.1, -0.05) is 12.5 Å². The molecule has 0 aliphatic carbocycles. The Bertz CT molecular complexity index is 1230. The molecule has 4 heterocycles. The van der Waals surface area contributed by atoms with Gasteiger partial charge in [0.05, 0.1) is 24.2 Å². The summed E-state index contributed by atoms with van der Waals surface area (Å²) in [6.45, 7) is 5.15. The lowest BCUT2D eigenvalue weighted by atomic mass is 9.97. The van der Waals surface area contributed by atoms with Crippen LogP contribution in [-0.4, -0.2) is 66.7 Å². The van der Waals surface area contributed by atoms with Crippen molar-refractivity contribution in [2.24, 2.45) is 5.92 Å². The fraction of sp³-hybridized carbons (Fsp3) is 0.500. The summed E-state index contributed by atoms with van der Waals surface area (Å²) in [4.78, 5) is 36.0. The van der Waals surface area contributed by atoms with E-state index in [2.05, 4.69) is 15.1 Å². The second-order valence-electron chi connectivity index (χ2n) is 9.37. The van der Waals surface area contributed by atoms with E-state index in [0.29, 0.717) is 40.7 Å². The number of ether oxygens (including phenoxy) is 1. The van der Waals surface area contributed by atoms with Crippen molar-refractivity contribution in [3.8, 4) is 11.4 Å². The van der Waals surface area contributed by atoms with E-state index in [-0.39, 0.29) is 17.4 Å². The van der Waals surface area contributed by atoms with E-state index in [4.69, 9.17) is 9.72 Å². The van der Waals surface area contributed by atoms with Crippen LogP contribution in [0, 0.1) is 5.92 Å². The number of hydrogen-bond acceptors (Lipinski definition) is 7. The number of amides is 1. The number of anilines is 1. The van der Waals surface area contributed by atoms with E-state index in [1.807, 2.05) is 35.7 Å². The lowest BCUT2D eigenvalue weighted by Gasteiger charge is -2.34. The number of nitrogens with one attached hydrogen (secondary N) is 1. The molecular weight excluding hydrogens is 462 g/mol. The van der Waals surface area contributed by atoms with Crippen molar-refractivity contribution in [2.45, 2.75) is 32.1 Å². The van der Waals surface area contributed by atoms with Crippen molar-refractivity contribution in [3.63, 3.8) is 0 Å². The number of carbonyl (C=O) groups excluding carboxylic acids is 1. The first-order chi connectivity index (χ1) is 17.1. The first kappa shape index (κ1) is 23.8. The van der Waals surface area contributed by atoms with Crippen molar-refractivity contribution in [3.05, 3.63) is 46.1 Å². The molecule has 5 rings (SSSR count). The van der Waals surface area contributed by atoms with Gasteiger partial charge in [-0.15, -0.1) is 11.3 Å². The zero-order valence-corrected chi connectivity index (χ0v) is 21.1. The molecular formula is C26H33N5O3S. The largest absolute Gasteiger partial charge is 0.497 e. The van der Waals surface area contributed by atoms with Gasteiger partial charge in [-0.3, -0.25) is 9.59 Å². The highest BCUT2D eigenvalue weighted by Gasteiger charge is 2.29. The molecule has 3 aromatic rings. The van der Waals surface area contributed by atoms with E-state index in [9.17, 15) is 9.59 Å². The van der Waals surface area contributed by atoms with Crippen LogP contribution in [0.2, 0.25) is 0 Å². The summed E-state index contributed by atoms with van der Waals surface area (Å²) in [7, 11) is 1.61. The van der Waals surface area contributed by atoms with E-state index in [1.165, 1.54) is 30.6 Å². The van der Waals surface area contributed by atoms with Gasteiger partial charge in [-0.2, -0.15) is 0 Å². The number of thiophene rings is 1. The molecule has 1 atom stereocenters. The molecule has 0 radical (unpaired) electrons. The third-order valence-corrected chi connectivity index (χ3v) is 7.92. The number of aromatic nitrogens is 2. The molecule has 1 unspecified atom stereocenters. The van der Waals surface area contributed by atoms with Crippen LogP contribution in [0.15, 0.2) is 40.5 Å². The topological polar surface area (TPSA) is 79.7 Å². The van der Waals surface area contributed by atoms with Gasteiger partial charge in [0, 0.05) is 32.2 Å². The molecule has 1 N–H and O–H groups in total. The van der Waals surface area contributed by atoms with Crippen molar-refractivity contribution < 1.29 is 9.53 Å². The maximum atomic E-state index is 13.5. The van der Waals surface area contributed by atoms with Crippen LogP contribution in [0.3, 0.4) is 0 Å². The summed E-state index contributed by atoms with van der Waals surface area (Å²) in [6, 6.07) is 9.35. The highest BCUT2D eigenvalue weighted by atomic mass is 32.1. The number of nitrogens with zero attached hydrogens (tertiary/aromatic N) is 4. The molecule has 186 valence electrons. The fourth-order valence-electron chi connectivity index (χ4n) is 5.13. The molecule has 0 spiro atoms. The van der Waals surface area contributed by atoms with Crippen LogP contribution >= 0.6 is 11.3 Å². The zero-order chi connectivity index (χ0) is 24.2. The van der Waals surface area contributed by atoms with E-state index >= 15 is 0 Å². The Labute approximate surface area is 209 Å². The first-order valence-electron chi connectivity index (χ1n) is 12.5. The molecule has 2 saturated heterocycles. The SMILES string of the molecule is COc1cccc(-n2c(N3CCCC(C(=O)NCCN4CCCCC4)C3)nc3ccsc3c2=O)c1. The normalized spacial score (nSPS) is 19.1. The Morgan fingerprint density at radius 3 is 2.86 bits per heavy atom. The monoisotopic (exact) mass is 495 g/mol. The number of fused-ring (bicyclic) bond motifs is 1. The maximum Gasteiger partial charge on any atom is 0.277 e. The van der Waals surface area contributed by atoms with Gasteiger partial charge >= 0.3 is 0 Å². The van der Waals surface area contributed by atoms with Gasteiger partial charge in [0.25, 0.3) is 5.56 Å². The minimum atomic E-state index is -0.126. The Morgan fingerprint density at radius 2 is 2.03 bits per heavy atom. The van der Waals surface area contributed by atoms with Gasteiger partial charge in [0.2, 0.25) is 11.9 Å². The number of methoxy groups -OCH3 is 1. The smallest absolute Gasteiger partial charge is 0.277 e. The molecule has 0 bridgehead atoms. The van der Waals surface area contributed by atoms with Crippen molar-refractivity contribution in [2.75, 3.05) is 51.3 Å². The zero-order valence-electron chi connectivity index (χ0n) is 20.2. The lowest BCUT2D eigenvalue weighted by Crippen LogP contribution is -2.46. The molecule has 2 aromatic heterocycles. The third-order valence-electron chi connectivity index (χ3n) is 7.02. The molecule has 0 saturated carbocycles. The van der Waals surface area contributed by atoms with Crippen molar-refractivity contribution in [1.82, 2.24) is 19.8 Å². The standard InChI is InChI=1S/C26H33N5O3S/c1-34-21-9-5-8-20(17-21)31-25(33)23-22(10-16-35-23)28-26(31)30-14-6-7-19(18-30)24(32)27-11-15-29-12-3-2-4-13-29/h5,8-10,16-17,19H,2-4,6-7,11-15,18H2,1H3,(H,27,32). The predicted molar refractivity (Wildman–Crippen MR) is 140 cm³/mol. The van der Waals surface area contributed by atoms with Gasteiger partial charge in [0.15, 0.2) is 0 Å². The summed E-state index contributed by atoms with van der Waals surface area (Å²) in [6.07, 6.45) is 5.53. The Balaban J connectivity index is 1.37. The molecule has 35 heavy (non-hydrogen) atoms. The number of benzene rings is 1. The highest BCUT2D eigenvalue weighted by Crippen LogP contribution is 2.27. The number of rotatable bonds is 7. The second kappa shape index (κ2) is 10.8. The summed E-state index contributed by atoms with van der Waals surface area (Å²) >= 11 is 1.40. The van der Waals surface area contributed by atoms with Crippen LogP contribution in [0.5, 0.6) is 5.75 Å². The molecule has 2 aliphatic heterocycles. The highest BCUT2D eigenvalue weighted by molar-refractivity contribution is 7.17. The minimum absolute atomic E-state index is 0.0959. The fourth-order valence-corrected chi connectivity index (χ4v) is 5.89. The Kier molecular flexibility index (Phi) is 7.34. The van der Waals surface area contributed by atoms with Crippen LogP contribution in [-0.2, 0) is 4.79 Å². The van der Waals surface area contributed by atoms with E-state index in [1.54, 1.807) is 11.7 Å². The summed E-state index contributed by atoms with van der Waals surface area (Å²) in [5.74, 6) is 1.23. The van der Waals surface area contributed by atoms with E-state index in [0.717, 1.165) is 39.0 Å². The Morgan fingerprint density at radius 1 is 1.17 bits per heavy atom. The molecule has 2 fully saturated rings. The van der Waals surface area contributed by atoms with Gasteiger partial charge < -0.3 is 19.9 Å². The lowest BCUT2D eigenvalue weighted by molar-refractivity contribution is -0.125. The summed E-state index contributed by atoms with van der Waals surface area (Å²) in [5, 5.41) is 5.06. The number of hydrogen-bond donors (Lipinski definition) is 1. The van der Waals surface area contributed by atoms with Crippen molar-refractivity contribution >= 4 is 33.4 Å². The van der Waals surface area contributed by atoms with Crippen LogP contribution in [0.4, 0.5) is 5.95 Å². The quantitative estimate of drug-likeness (QED) is 0.542. The van der Waals surface area contributed by atoms with Gasteiger partial charge in [0.1, 0.15) is 10.4 Å². The van der Waals surface area contributed by atoms with Gasteiger partial charge in [-0.05, 0) is 62.4 Å². The molecule has 1 aromatic carbocycles. The Hall–Kier alpha value is -2.91. The third kappa shape index (κ3) is 5.21. The minimum Gasteiger partial charge on any atom is -0.497 e. The first-order valence-corrected chi connectivity index (χ1v) is 13.4. The van der Waals surface area contributed by atoms with Crippen LogP contribution in [0.25, 0.3) is 15.9 Å². The average molecular weight is 496 g/mol. The number of likely N-dealkylation sites (tertiary alicyclic amines) is 1. The van der Waals surface area contributed by atoms with Gasteiger partial charge in [-0.25, -0.2) is 9.55 Å². The summed E-state index contributed by atoms with van der Waals surface area (Å²) < 4.78 is 7.69. The number of piperidine rings is 2. The molecule has 9 heteroatoms. The molecule has 8 nitrogen and oxygen atoms in total. The van der Waals surface area contributed by atoms with Crippen LogP contribution in [0.1, 0.15) is 32.1 Å². The second-order valence-corrected chi connectivity index (χ2v) is 10.3. The maximum absolute atomic E-state index is 13.5. The van der Waals surface area contributed by atoms with E-state index < -0.39 is 0 Å². The molecule has 2 aliphatic rings. The average Bonchev–Trinajstić information content (AvgIpc) is 3.38. The predicted octanol–water partition coefficient (Wildman–Crippen LogP) is 3.27. The molecule has 1 amide bonds. The number of carbonyl (C=O) groups is 1. The summed E-state index contributed by atoms with van der Waals surface area (Å²) in [5.41, 5.74) is 1.31. The van der Waals surface area contributed by atoms with Crippen molar-refractivity contribution in [1.29, 1.82) is 0 Å². The van der Waals surface area contributed by atoms with Crippen LogP contribution < -0.4 is 20.5 Å².